The van der Waals surface area contributed by atoms with E-state index in [1.807, 2.05) is 0 Å². The quantitative estimate of drug-likeness (QED) is 0.560. The number of ether oxygens (including phenoxy) is 1. The number of carbonyl (C=O) groups is 2. The normalized spacial score (nSPS) is 12.1. The summed E-state index contributed by atoms with van der Waals surface area (Å²) in [4.78, 5) is 27.0. The summed E-state index contributed by atoms with van der Waals surface area (Å²) in [5.41, 5.74) is 0.439. The van der Waals surface area contributed by atoms with Crippen molar-refractivity contribution in [2.24, 2.45) is 0 Å². The van der Waals surface area contributed by atoms with Crippen LogP contribution in [0.25, 0.3) is 0 Å². The van der Waals surface area contributed by atoms with Crippen molar-refractivity contribution >= 4 is 27.5 Å². The summed E-state index contributed by atoms with van der Waals surface area (Å²) in [5, 5.41) is 2.64. The van der Waals surface area contributed by atoms with Gasteiger partial charge in [0.2, 0.25) is 21.8 Å². The molecular formula is C22H27F2N3O5S. The highest BCUT2D eigenvalue weighted by Gasteiger charge is 2.30. The fourth-order valence-electron chi connectivity index (χ4n) is 3.13. The van der Waals surface area contributed by atoms with E-state index < -0.39 is 46.1 Å². The zero-order valence-electron chi connectivity index (χ0n) is 18.8. The van der Waals surface area contributed by atoms with Crippen LogP contribution in [0.1, 0.15) is 19.4 Å². The van der Waals surface area contributed by atoms with E-state index in [0.717, 1.165) is 18.4 Å². The molecule has 0 saturated carbocycles. The molecule has 0 bridgehead atoms. The molecule has 0 spiro atoms. The Morgan fingerprint density at radius 3 is 2.39 bits per heavy atom. The minimum absolute atomic E-state index is 0.0102. The molecule has 0 heterocycles. The van der Waals surface area contributed by atoms with E-state index in [2.05, 4.69) is 5.32 Å². The largest absolute Gasteiger partial charge is 0.497 e. The van der Waals surface area contributed by atoms with Crippen molar-refractivity contribution in [2.75, 3.05) is 30.8 Å². The van der Waals surface area contributed by atoms with Gasteiger partial charge in [0, 0.05) is 19.2 Å². The zero-order chi connectivity index (χ0) is 24.8. The van der Waals surface area contributed by atoms with Crippen molar-refractivity contribution in [3.8, 4) is 5.75 Å². The van der Waals surface area contributed by atoms with Crippen LogP contribution in [0.15, 0.2) is 42.5 Å². The summed E-state index contributed by atoms with van der Waals surface area (Å²) < 4.78 is 57.7. The Labute approximate surface area is 192 Å². The number of rotatable bonds is 10. The minimum Gasteiger partial charge on any atom is -0.497 e. The molecule has 2 aromatic carbocycles. The van der Waals surface area contributed by atoms with Gasteiger partial charge in [-0.25, -0.2) is 17.2 Å². The molecule has 1 atom stereocenters. The molecule has 0 aromatic heterocycles. The molecule has 2 amide bonds. The van der Waals surface area contributed by atoms with Crippen molar-refractivity contribution in [3.05, 3.63) is 59.7 Å². The van der Waals surface area contributed by atoms with E-state index in [1.54, 1.807) is 31.2 Å². The summed E-state index contributed by atoms with van der Waals surface area (Å²) in [5.74, 6) is -2.98. The average molecular weight is 484 g/mol. The van der Waals surface area contributed by atoms with E-state index in [9.17, 15) is 26.8 Å². The monoisotopic (exact) mass is 483 g/mol. The molecule has 33 heavy (non-hydrogen) atoms. The molecule has 2 aromatic rings. The van der Waals surface area contributed by atoms with Crippen molar-refractivity contribution in [3.63, 3.8) is 0 Å². The van der Waals surface area contributed by atoms with Gasteiger partial charge in [-0.1, -0.05) is 12.1 Å². The van der Waals surface area contributed by atoms with E-state index in [0.29, 0.717) is 28.2 Å². The van der Waals surface area contributed by atoms with Crippen LogP contribution in [0.2, 0.25) is 0 Å². The van der Waals surface area contributed by atoms with Gasteiger partial charge in [0.25, 0.3) is 0 Å². The molecule has 0 aliphatic heterocycles. The number of carbonyl (C=O) groups excluding carboxylic acids is 2. The van der Waals surface area contributed by atoms with Gasteiger partial charge in [0.1, 0.15) is 18.3 Å². The smallest absolute Gasteiger partial charge is 0.244 e. The van der Waals surface area contributed by atoms with Gasteiger partial charge in [-0.15, -0.1) is 0 Å². The molecule has 0 aliphatic carbocycles. The van der Waals surface area contributed by atoms with E-state index >= 15 is 0 Å². The maximum atomic E-state index is 13.7. The van der Waals surface area contributed by atoms with Gasteiger partial charge >= 0.3 is 0 Å². The fraction of sp³-hybridized carbons (Fsp3) is 0.364. The first kappa shape index (κ1) is 26.0. The number of sulfonamides is 1. The lowest BCUT2D eigenvalue weighted by molar-refractivity contribution is -0.139. The summed E-state index contributed by atoms with van der Waals surface area (Å²) in [6.45, 7) is 2.87. The third kappa shape index (κ3) is 6.88. The number of anilines is 1. The molecule has 11 heteroatoms. The van der Waals surface area contributed by atoms with Crippen LogP contribution in [0.5, 0.6) is 5.75 Å². The number of hydrogen-bond acceptors (Lipinski definition) is 5. The second-order valence-electron chi connectivity index (χ2n) is 7.31. The molecule has 180 valence electrons. The maximum Gasteiger partial charge on any atom is 0.244 e. The van der Waals surface area contributed by atoms with Crippen LogP contribution >= 0.6 is 0 Å². The number of nitrogens with one attached hydrogen (secondary N) is 1. The molecular weight excluding hydrogens is 456 g/mol. The Kier molecular flexibility index (Phi) is 8.75. The van der Waals surface area contributed by atoms with Gasteiger partial charge < -0.3 is 15.0 Å². The van der Waals surface area contributed by atoms with Gasteiger partial charge in [-0.3, -0.25) is 13.9 Å². The maximum absolute atomic E-state index is 13.7. The number of hydrogen-bond donors (Lipinski definition) is 1. The third-order valence-corrected chi connectivity index (χ3v) is 6.02. The Hall–Kier alpha value is -3.21. The highest BCUT2D eigenvalue weighted by Crippen LogP contribution is 2.22. The predicted molar refractivity (Wildman–Crippen MR) is 120 cm³/mol. The Balaban J connectivity index is 2.41. The van der Waals surface area contributed by atoms with Crippen LogP contribution in [0.3, 0.4) is 0 Å². The number of amides is 2. The lowest BCUT2D eigenvalue weighted by Crippen LogP contribution is -2.51. The molecule has 0 aliphatic rings. The van der Waals surface area contributed by atoms with Crippen LogP contribution in [0, 0.1) is 11.6 Å². The summed E-state index contributed by atoms with van der Waals surface area (Å²) in [6, 6.07) is 8.46. The molecule has 8 nitrogen and oxygen atoms in total. The van der Waals surface area contributed by atoms with E-state index in [1.165, 1.54) is 18.9 Å². The minimum atomic E-state index is -4.04. The van der Waals surface area contributed by atoms with Crippen LogP contribution in [0.4, 0.5) is 14.5 Å². The number of nitrogens with zero attached hydrogens (tertiary/aromatic N) is 2. The topological polar surface area (TPSA) is 96.0 Å². The highest BCUT2D eigenvalue weighted by atomic mass is 32.2. The van der Waals surface area contributed by atoms with Crippen LogP contribution in [-0.2, 0) is 26.2 Å². The molecule has 0 radical (unpaired) electrons. The number of halogens is 2. The van der Waals surface area contributed by atoms with Gasteiger partial charge in [-0.2, -0.15) is 0 Å². The first-order chi connectivity index (χ1) is 15.5. The first-order valence-electron chi connectivity index (χ1n) is 10.1. The van der Waals surface area contributed by atoms with Gasteiger partial charge in [-0.05, 0) is 43.7 Å². The van der Waals surface area contributed by atoms with Crippen LogP contribution in [-0.4, -0.2) is 57.6 Å². The summed E-state index contributed by atoms with van der Waals surface area (Å²) in [6.07, 6.45) is 0.848. The first-order valence-corrected chi connectivity index (χ1v) is 12.0. The van der Waals surface area contributed by atoms with E-state index in [4.69, 9.17) is 4.74 Å². The Morgan fingerprint density at radius 2 is 1.82 bits per heavy atom. The second-order valence-corrected chi connectivity index (χ2v) is 9.22. The number of likely N-dealkylation sites (N-methyl/N-ethyl adjacent to an activating group) is 1. The second kappa shape index (κ2) is 11.1. The molecule has 0 unspecified atom stereocenters. The van der Waals surface area contributed by atoms with E-state index in [-0.39, 0.29) is 12.2 Å². The van der Waals surface area contributed by atoms with Crippen molar-refractivity contribution in [1.29, 1.82) is 0 Å². The SMILES string of the molecule is CCNC(=O)[C@@H](C)N(Cc1cccc(OC)c1)C(=O)CN(c1ccc(F)c(F)c1)S(C)(=O)=O. The lowest BCUT2D eigenvalue weighted by atomic mass is 10.1. The predicted octanol–water partition coefficient (Wildman–Crippen LogP) is 2.29. The molecule has 0 saturated heterocycles. The standard InChI is InChI=1S/C22H27F2N3O5S/c1-5-25-22(29)15(2)26(13-16-7-6-8-18(11-16)32-3)21(28)14-27(33(4,30)31)17-9-10-19(23)20(24)12-17/h6-12,15H,5,13-14H2,1-4H3,(H,25,29)/t15-/m1/s1. The zero-order valence-corrected chi connectivity index (χ0v) is 19.7. The van der Waals surface area contributed by atoms with Crippen LogP contribution < -0.4 is 14.4 Å². The van der Waals surface area contributed by atoms with Crippen molar-refractivity contribution in [1.82, 2.24) is 10.2 Å². The molecule has 1 N–H and O–H groups in total. The van der Waals surface area contributed by atoms with Crippen molar-refractivity contribution < 1.29 is 31.5 Å². The highest BCUT2D eigenvalue weighted by molar-refractivity contribution is 7.92. The summed E-state index contributed by atoms with van der Waals surface area (Å²) >= 11 is 0. The van der Waals surface area contributed by atoms with Gasteiger partial charge in [0.15, 0.2) is 11.6 Å². The van der Waals surface area contributed by atoms with Gasteiger partial charge in [0.05, 0.1) is 19.1 Å². The van der Waals surface area contributed by atoms with Crippen molar-refractivity contribution in [2.45, 2.75) is 26.4 Å². The molecule has 2 rings (SSSR count). The Morgan fingerprint density at radius 1 is 1.12 bits per heavy atom. The number of methoxy groups -OCH3 is 1. The Bertz CT molecular complexity index is 1110. The lowest BCUT2D eigenvalue weighted by Gasteiger charge is -2.31. The summed E-state index contributed by atoms with van der Waals surface area (Å²) in [7, 11) is -2.55. The molecule has 0 fully saturated rings. The fourth-order valence-corrected chi connectivity index (χ4v) is 3.97. The average Bonchev–Trinajstić information content (AvgIpc) is 2.76. The number of benzene rings is 2. The third-order valence-electron chi connectivity index (χ3n) is 4.88.